The average Bonchev–Trinajstić information content (AvgIpc) is 2.86. The first kappa shape index (κ1) is 25.9. The number of hydrogen-bond acceptors (Lipinski definition) is 3. The summed E-state index contributed by atoms with van der Waals surface area (Å²) < 4.78 is 45.1. The van der Waals surface area contributed by atoms with Crippen molar-refractivity contribution in [1.29, 1.82) is 0 Å². The largest absolute Gasteiger partial charge is 0.417 e. The summed E-state index contributed by atoms with van der Waals surface area (Å²) in [6, 6.07) is 14.0. The zero-order valence-electron chi connectivity index (χ0n) is 20.0. The second-order valence-corrected chi connectivity index (χ2v) is 10.7. The predicted octanol–water partition coefficient (Wildman–Crippen LogP) is 5.61. The lowest BCUT2D eigenvalue weighted by molar-refractivity contribution is -0.137. The molecular formula is C27H28F3N3O2S. The molecule has 1 heterocycles. The lowest BCUT2D eigenvalue weighted by Gasteiger charge is -2.25. The van der Waals surface area contributed by atoms with Crippen molar-refractivity contribution < 1.29 is 13.2 Å². The van der Waals surface area contributed by atoms with Crippen LogP contribution in [0.3, 0.4) is 0 Å². The molecule has 0 aliphatic heterocycles. The molecule has 0 saturated carbocycles. The fourth-order valence-corrected chi connectivity index (χ4v) is 5.94. The van der Waals surface area contributed by atoms with Gasteiger partial charge in [-0.25, -0.2) is 4.79 Å². The summed E-state index contributed by atoms with van der Waals surface area (Å²) in [6.45, 7) is 1.82. The van der Waals surface area contributed by atoms with E-state index in [0.717, 1.165) is 5.56 Å². The Balaban J connectivity index is 1.68. The van der Waals surface area contributed by atoms with Crippen LogP contribution >= 0.6 is 10.7 Å². The van der Waals surface area contributed by atoms with Gasteiger partial charge < -0.3 is 4.98 Å². The third-order valence-electron chi connectivity index (χ3n) is 6.47. The maximum atomic E-state index is 14.0. The van der Waals surface area contributed by atoms with Gasteiger partial charge >= 0.3 is 11.9 Å². The number of aromatic nitrogens is 2. The summed E-state index contributed by atoms with van der Waals surface area (Å²) in [7, 11) is 1.15. The molecule has 5 nitrogen and oxygen atoms in total. The summed E-state index contributed by atoms with van der Waals surface area (Å²) in [5, 5.41) is 1.84. The Morgan fingerprint density at radius 1 is 1.11 bits per heavy atom. The van der Waals surface area contributed by atoms with Gasteiger partial charge in [0, 0.05) is 28.5 Å². The Morgan fingerprint density at radius 3 is 2.47 bits per heavy atom. The minimum Gasteiger partial charge on any atom is -0.311 e. The molecule has 0 bridgehead atoms. The van der Waals surface area contributed by atoms with E-state index in [1.165, 1.54) is 6.07 Å². The number of halogens is 3. The molecule has 1 aliphatic carbocycles. The molecule has 0 saturated heterocycles. The molecule has 3 aromatic rings. The van der Waals surface area contributed by atoms with Crippen molar-refractivity contribution in [2.75, 3.05) is 7.05 Å². The average molecular weight is 516 g/mol. The number of rotatable bonds is 6. The molecule has 1 aromatic heterocycles. The molecule has 4 rings (SSSR count). The van der Waals surface area contributed by atoms with E-state index in [1.54, 1.807) is 19.2 Å². The summed E-state index contributed by atoms with van der Waals surface area (Å²) in [4.78, 5) is 30.4. The van der Waals surface area contributed by atoms with E-state index in [4.69, 9.17) is 0 Å². The van der Waals surface area contributed by atoms with Gasteiger partial charge in [0.15, 0.2) is 0 Å². The van der Waals surface area contributed by atoms with Gasteiger partial charge in [0.2, 0.25) is 0 Å². The summed E-state index contributed by atoms with van der Waals surface area (Å²) in [5.41, 5.74) is 1.13. The topological polar surface area (TPSA) is 77.8 Å². The van der Waals surface area contributed by atoms with Crippen LogP contribution in [-0.4, -0.2) is 22.4 Å². The monoisotopic (exact) mass is 515 g/mol. The molecule has 0 amide bonds. The third kappa shape index (κ3) is 5.63. The molecule has 0 spiro atoms. The zero-order valence-corrected chi connectivity index (χ0v) is 20.9. The standard InChI is InChI=1S/C27H28F3N3O2S/c1-3-36(31-2)20-13-14-21(23(16-20)27(28,29)30)18-9-11-19(12-10-18)24-22(25(34)33-26(35)32-24)15-17-7-5-4-6-8-17/h3-9,13-14,16,19,31H,10-12,15H2,1-2H3,(H2,32,33,34,35). The van der Waals surface area contributed by atoms with E-state index in [9.17, 15) is 22.8 Å². The van der Waals surface area contributed by atoms with E-state index in [2.05, 4.69) is 14.7 Å². The summed E-state index contributed by atoms with van der Waals surface area (Å²) in [6.07, 6.45) is -0.954. The van der Waals surface area contributed by atoms with Gasteiger partial charge in [-0.3, -0.25) is 14.5 Å². The van der Waals surface area contributed by atoms with Gasteiger partial charge in [0.25, 0.3) is 5.56 Å². The highest BCUT2D eigenvalue weighted by molar-refractivity contribution is 8.13. The number of benzene rings is 2. The lowest BCUT2D eigenvalue weighted by Crippen LogP contribution is -2.30. The first-order valence-corrected chi connectivity index (χ1v) is 13.0. The van der Waals surface area contributed by atoms with Crippen LogP contribution in [0.1, 0.15) is 60.1 Å². The fourth-order valence-electron chi connectivity index (χ4n) is 4.74. The minimum absolute atomic E-state index is 0.166. The van der Waals surface area contributed by atoms with Crippen LogP contribution < -0.4 is 16.0 Å². The molecule has 36 heavy (non-hydrogen) atoms. The highest BCUT2D eigenvalue weighted by Gasteiger charge is 2.35. The number of hydrogen-bond donors (Lipinski definition) is 3. The zero-order chi connectivity index (χ0) is 25.9. The Morgan fingerprint density at radius 2 is 1.86 bits per heavy atom. The van der Waals surface area contributed by atoms with Crippen molar-refractivity contribution in [1.82, 2.24) is 14.7 Å². The van der Waals surface area contributed by atoms with Crippen molar-refractivity contribution in [3.8, 4) is 0 Å². The van der Waals surface area contributed by atoms with Crippen molar-refractivity contribution in [3.63, 3.8) is 0 Å². The molecule has 3 N–H and O–H groups in total. The smallest absolute Gasteiger partial charge is 0.311 e. The predicted molar refractivity (Wildman–Crippen MR) is 140 cm³/mol. The Labute approximate surface area is 209 Å². The number of alkyl halides is 3. The van der Waals surface area contributed by atoms with E-state index < -0.39 is 33.7 Å². The first-order valence-electron chi connectivity index (χ1n) is 11.7. The lowest BCUT2D eigenvalue weighted by atomic mass is 9.82. The maximum Gasteiger partial charge on any atom is 0.417 e. The summed E-state index contributed by atoms with van der Waals surface area (Å²) >= 11 is 0. The Hall–Kier alpha value is -3.17. The van der Waals surface area contributed by atoms with Crippen molar-refractivity contribution in [2.45, 2.75) is 49.6 Å². The minimum atomic E-state index is -4.49. The number of nitrogens with one attached hydrogen (secondary N) is 3. The van der Waals surface area contributed by atoms with Gasteiger partial charge in [-0.15, -0.1) is 0 Å². The van der Waals surface area contributed by atoms with Gasteiger partial charge in [-0.2, -0.15) is 13.2 Å². The Kier molecular flexibility index (Phi) is 7.80. The first-order chi connectivity index (χ1) is 17.2. The molecule has 190 valence electrons. The van der Waals surface area contributed by atoms with Crippen LogP contribution in [0.5, 0.6) is 0 Å². The SMILES string of the molecule is C/C=S(\NC)c1ccc(C2=CCC(c3[nH]c(=O)[nH]c(=O)c3Cc3ccccc3)CC2)c(C(F)(F)F)c1. The van der Waals surface area contributed by atoms with Crippen LogP contribution in [0.25, 0.3) is 5.57 Å². The van der Waals surface area contributed by atoms with Crippen molar-refractivity contribution >= 4 is 21.6 Å². The van der Waals surface area contributed by atoms with Crippen LogP contribution in [0, 0.1) is 0 Å². The molecule has 2 atom stereocenters. The Bertz CT molecular complexity index is 1420. The molecular weight excluding hydrogens is 487 g/mol. The highest BCUT2D eigenvalue weighted by atomic mass is 32.2. The second-order valence-electron chi connectivity index (χ2n) is 8.65. The van der Waals surface area contributed by atoms with Gasteiger partial charge in [0.05, 0.1) is 5.56 Å². The van der Waals surface area contributed by atoms with Gasteiger partial charge in [-0.1, -0.05) is 53.1 Å². The molecule has 9 heteroatoms. The molecule has 0 fully saturated rings. The van der Waals surface area contributed by atoms with E-state index in [0.29, 0.717) is 47.4 Å². The fraction of sp³-hybridized carbons (Fsp3) is 0.296. The quantitative estimate of drug-likeness (QED) is 0.374. The number of allylic oxidation sites excluding steroid dienone is 2. The van der Waals surface area contributed by atoms with Crippen LogP contribution in [0.4, 0.5) is 13.2 Å². The van der Waals surface area contributed by atoms with Gasteiger partial charge in [-0.05, 0) is 67.4 Å². The van der Waals surface area contributed by atoms with E-state index in [-0.39, 0.29) is 11.5 Å². The molecule has 2 unspecified atom stereocenters. The van der Waals surface area contributed by atoms with Crippen molar-refractivity contribution in [3.05, 3.63) is 103 Å². The van der Waals surface area contributed by atoms with Crippen molar-refractivity contribution in [2.24, 2.45) is 0 Å². The number of H-pyrrole nitrogens is 2. The van der Waals surface area contributed by atoms with E-state index in [1.807, 2.05) is 48.7 Å². The molecule has 1 aliphatic rings. The number of aromatic amines is 2. The van der Waals surface area contributed by atoms with Crippen LogP contribution in [0.15, 0.2) is 69.1 Å². The molecule has 2 aromatic carbocycles. The highest BCUT2D eigenvalue weighted by Crippen LogP contribution is 2.42. The second kappa shape index (κ2) is 10.8. The van der Waals surface area contributed by atoms with Crippen LogP contribution in [-0.2, 0) is 12.6 Å². The van der Waals surface area contributed by atoms with E-state index >= 15 is 0 Å². The normalized spacial score (nSPS) is 17.1. The molecule has 0 radical (unpaired) electrons. The summed E-state index contributed by atoms with van der Waals surface area (Å²) in [5.74, 6) is -0.166. The third-order valence-corrected chi connectivity index (χ3v) is 8.14. The van der Waals surface area contributed by atoms with Gasteiger partial charge in [0.1, 0.15) is 0 Å². The maximum absolute atomic E-state index is 14.0. The van der Waals surface area contributed by atoms with Crippen LogP contribution in [0.2, 0.25) is 0 Å².